The Morgan fingerprint density at radius 3 is 2.28 bits per heavy atom. The van der Waals surface area contributed by atoms with E-state index in [2.05, 4.69) is 0 Å². The number of likely N-dealkylation sites (tertiary alicyclic amines) is 1. The number of nitrogens with zero attached hydrogens (tertiary/aromatic N) is 1. The number of carbonyl (C=O) groups excluding carboxylic acids is 2. The summed E-state index contributed by atoms with van der Waals surface area (Å²) in [6, 6.07) is 11.7. The molecule has 1 saturated heterocycles. The van der Waals surface area contributed by atoms with Crippen LogP contribution in [0, 0.1) is 6.92 Å². The van der Waals surface area contributed by atoms with E-state index < -0.39 is 17.7 Å². The van der Waals surface area contributed by atoms with Gasteiger partial charge in [0.05, 0.1) is 25.8 Å². The predicted molar refractivity (Wildman–Crippen MR) is 110 cm³/mol. The van der Waals surface area contributed by atoms with Gasteiger partial charge in [0.2, 0.25) is 0 Å². The van der Waals surface area contributed by atoms with Gasteiger partial charge in [-0.3, -0.25) is 9.59 Å². The van der Waals surface area contributed by atoms with Crippen LogP contribution in [0.4, 0.5) is 0 Å². The number of aliphatic hydroxyl groups excluding tert-OH is 1. The van der Waals surface area contributed by atoms with Crippen LogP contribution in [0.1, 0.15) is 36.1 Å². The van der Waals surface area contributed by atoms with Gasteiger partial charge < -0.3 is 19.5 Å². The second-order valence-corrected chi connectivity index (χ2v) is 6.97. The van der Waals surface area contributed by atoms with Crippen molar-refractivity contribution in [3.8, 4) is 11.5 Å². The van der Waals surface area contributed by atoms with Crippen LogP contribution in [0.3, 0.4) is 0 Å². The normalized spacial score (nSPS) is 18.2. The molecular weight excluding hydrogens is 370 g/mol. The summed E-state index contributed by atoms with van der Waals surface area (Å²) in [5.41, 5.74) is 2.28. The molecule has 0 bridgehead atoms. The lowest BCUT2D eigenvalue weighted by Gasteiger charge is -2.25. The number of benzene rings is 2. The van der Waals surface area contributed by atoms with Crippen LogP contribution in [0.15, 0.2) is 48.0 Å². The molecule has 3 rings (SSSR count). The Balaban J connectivity index is 2.20. The minimum absolute atomic E-state index is 0.0829. The van der Waals surface area contributed by atoms with Gasteiger partial charge in [-0.2, -0.15) is 0 Å². The lowest BCUT2D eigenvalue weighted by molar-refractivity contribution is -0.139. The zero-order valence-electron chi connectivity index (χ0n) is 17.1. The highest BCUT2D eigenvalue weighted by Gasteiger charge is 2.45. The molecule has 0 radical (unpaired) electrons. The summed E-state index contributed by atoms with van der Waals surface area (Å²) < 4.78 is 10.7. The van der Waals surface area contributed by atoms with Crippen molar-refractivity contribution in [3.05, 3.63) is 64.7 Å². The number of hydrogen-bond acceptors (Lipinski definition) is 5. The number of carbonyl (C=O) groups is 2. The lowest BCUT2D eigenvalue weighted by atomic mass is 9.94. The van der Waals surface area contributed by atoms with Crippen LogP contribution in [0.5, 0.6) is 11.5 Å². The SMILES string of the molecule is CCCN1C(=O)C(=O)/C(=C(\O)c2ccc(C)cc2)C1c1ccc(OC)c(OC)c1. The molecule has 1 aliphatic rings. The summed E-state index contributed by atoms with van der Waals surface area (Å²) in [4.78, 5) is 27.1. The Morgan fingerprint density at radius 1 is 1.03 bits per heavy atom. The van der Waals surface area contributed by atoms with E-state index in [0.717, 1.165) is 5.56 Å². The first-order valence-corrected chi connectivity index (χ1v) is 9.50. The van der Waals surface area contributed by atoms with E-state index in [4.69, 9.17) is 9.47 Å². The van der Waals surface area contributed by atoms with E-state index >= 15 is 0 Å². The molecule has 0 saturated carbocycles. The number of aryl methyl sites for hydroxylation is 1. The van der Waals surface area contributed by atoms with Crippen LogP contribution in [-0.2, 0) is 9.59 Å². The summed E-state index contributed by atoms with van der Waals surface area (Å²) in [5.74, 6) is -0.442. The van der Waals surface area contributed by atoms with E-state index in [0.29, 0.717) is 35.6 Å². The Labute approximate surface area is 170 Å². The second kappa shape index (κ2) is 8.39. The average Bonchev–Trinajstić information content (AvgIpc) is 2.98. The van der Waals surface area contributed by atoms with Crippen LogP contribution in [-0.4, -0.2) is 42.5 Å². The number of rotatable bonds is 6. The third kappa shape index (κ3) is 3.70. The molecular formula is C23H25NO5. The van der Waals surface area contributed by atoms with Gasteiger partial charge >= 0.3 is 0 Å². The van der Waals surface area contributed by atoms with E-state index in [1.165, 1.54) is 19.1 Å². The molecule has 1 amide bonds. The molecule has 29 heavy (non-hydrogen) atoms. The third-order valence-electron chi connectivity index (χ3n) is 5.05. The molecule has 1 unspecified atom stereocenters. The molecule has 0 spiro atoms. The van der Waals surface area contributed by atoms with E-state index in [1.54, 1.807) is 30.3 Å². The summed E-state index contributed by atoms with van der Waals surface area (Å²) in [6.45, 7) is 4.27. The van der Waals surface area contributed by atoms with Crippen molar-refractivity contribution >= 4 is 17.4 Å². The first-order chi connectivity index (χ1) is 13.9. The van der Waals surface area contributed by atoms with Crippen LogP contribution in [0.2, 0.25) is 0 Å². The Morgan fingerprint density at radius 2 is 1.69 bits per heavy atom. The van der Waals surface area contributed by atoms with E-state index in [1.807, 2.05) is 26.0 Å². The zero-order valence-corrected chi connectivity index (χ0v) is 17.1. The fourth-order valence-electron chi connectivity index (χ4n) is 3.59. The first kappa shape index (κ1) is 20.5. The van der Waals surface area contributed by atoms with Crippen molar-refractivity contribution in [3.63, 3.8) is 0 Å². The van der Waals surface area contributed by atoms with Gasteiger partial charge in [-0.1, -0.05) is 42.8 Å². The van der Waals surface area contributed by atoms with Gasteiger partial charge in [-0.05, 0) is 31.0 Å². The van der Waals surface area contributed by atoms with Crippen LogP contribution >= 0.6 is 0 Å². The number of Topliss-reactive ketones (excluding diaryl/α,β-unsaturated/α-hetero) is 1. The van der Waals surface area contributed by atoms with Gasteiger partial charge in [0.15, 0.2) is 11.5 Å². The van der Waals surface area contributed by atoms with Gasteiger partial charge in [-0.25, -0.2) is 0 Å². The lowest BCUT2D eigenvalue weighted by Crippen LogP contribution is -2.30. The average molecular weight is 395 g/mol. The Bertz CT molecular complexity index is 962. The third-order valence-corrected chi connectivity index (χ3v) is 5.05. The Kier molecular flexibility index (Phi) is 5.92. The minimum atomic E-state index is -0.698. The molecule has 2 aromatic rings. The van der Waals surface area contributed by atoms with Crippen molar-refractivity contribution < 1.29 is 24.2 Å². The number of aliphatic hydroxyl groups is 1. The zero-order chi connectivity index (χ0) is 21.1. The number of amides is 1. The summed E-state index contributed by atoms with van der Waals surface area (Å²) in [6.07, 6.45) is 0.682. The van der Waals surface area contributed by atoms with Gasteiger partial charge in [-0.15, -0.1) is 0 Å². The minimum Gasteiger partial charge on any atom is -0.507 e. The topological polar surface area (TPSA) is 76.1 Å². The van der Waals surface area contributed by atoms with Crippen molar-refractivity contribution in [2.75, 3.05) is 20.8 Å². The number of ether oxygens (including phenoxy) is 2. The summed E-state index contributed by atoms with van der Waals surface area (Å²) in [5, 5.41) is 11.0. The van der Waals surface area contributed by atoms with Crippen molar-refractivity contribution in [2.24, 2.45) is 0 Å². The molecule has 152 valence electrons. The predicted octanol–water partition coefficient (Wildman–Crippen LogP) is 3.84. The van der Waals surface area contributed by atoms with Crippen molar-refractivity contribution in [1.82, 2.24) is 4.90 Å². The monoisotopic (exact) mass is 395 g/mol. The highest BCUT2D eigenvalue weighted by molar-refractivity contribution is 6.46. The van der Waals surface area contributed by atoms with Crippen LogP contribution < -0.4 is 9.47 Å². The summed E-state index contributed by atoms with van der Waals surface area (Å²) in [7, 11) is 3.06. The molecule has 1 fully saturated rings. The maximum Gasteiger partial charge on any atom is 0.295 e. The highest BCUT2D eigenvalue weighted by atomic mass is 16.5. The van der Waals surface area contributed by atoms with Gasteiger partial charge in [0.1, 0.15) is 5.76 Å². The van der Waals surface area contributed by atoms with Crippen molar-refractivity contribution in [1.29, 1.82) is 0 Å². The molecule has 0 aromatic heterocycles. The first-order valence-electron chi connectivity index (χ1n) is 9.50. The maximum atomic E-state index is 12.9. The highest BCUT2D eigenvalue weighted by Crippen LogP contribution is 2.41. The summed E-state index contributed by atoms with van der Waals surface area (Å²) >= 11 is 0. The second-order valence-electron chi connectivity index (χ2n) is 6.97. The Hall–Kier alpha value is -3.28. The molecule has 1 atom stereocenters. The fourth-order valence-corrected chi connectivity index (χ4v) is 3.59. The largest absolute Gasteiger partial charge is 0.507 e. The van der Waals surface area contributed by atoms with Gasteiger partial charge in [0, 0.05) is 12.1 Å². The van der Waals surface area contributed by atoms with E-state index in [9.17, 15) is 14.7 Å². The van der Waals surface area contributed by atoms with E-state index in [-0.39, 0.29) is 11.3 Å². The standard InChI is InChI=1S/C23H25NO5/c1-5-12-24-20(16-10-11-17(28-3)18(13-16)29-4)19(22(26)23(24)27)21(25)15-8-6-14(2)7-9-15/h6-11,13,20,25H,5,12H2,1-4H3/b21-19-. The molecule has 1 heterocycles. The fraction of sp³-hybridized carbons (Fsp3) is 0.304. The van der Waals surface area contributed by atoms with Crippen LogP contribution in [0.25, 0.3) is 5.76 Å². The maximum absolute atomic E-state index is 12.9. The molecule has 1 N–H and O–H groups in total. The smallest absolute Gasteiger partial charge is 0.295 e. The molecule has 6 nitrogen and oxygen atoms in total. The van der Waals surface area contributed by atoms with Crippen molar-refractivity contribution in [2.45, 2.75) is 26.3 Å². The molecule has 0 aliphatic carbocycles. The number of methoxy groups -OCH3 is 2. The number of ketones is 1. The van der Waals surface area contributed by atoms with Gasteiger partial charge in [0.25, 0.3) is 11.7 Å². The molecule has 1 aliphatic heterocycles. The number of hydrogen-bond donors (Lipinski definition) is 1. The quantitative estimate of drug-likeness (QED) is 0.457. The molecule has 6 heteroatoms. The molecule has 2 aromatic carbocycles.